The highest BCUT2D eigenvalue weighted by Crippen LogP contribution is 2.54. The summed E-state index contributed by atoms with van der Waals surface area (Å²) in [4.78, 5) is 12.3. The van der Waals surface area contributed by atoms with Crippen LogP contribution in [0.25, 0.3) is 33.9 Å². The number of fused-ring (bicyclic) bond motifs is 4. The van der Waals surface area contributed by atoms with Gasteiger partial charge in [-0.3, -0.25) is 0 Å². The molecule has 0 saturated heterocycles. The number of ether oxygens (including phenoxy) is 2. The molecule has 3 heterocycles. The second-order valence-electron chi connectivity index (χ2n) is 12.7. The monoisotopic (exact) mass is 621 g/mol. The van der Waals surface area contributed by atoms with Crippen LogP contribution in [0, 0.1) is 0 Å². The molecule has 7 aromatic rings. The minimum absolute atomic E-state index is 0.130. The SMILES string of the molecule is CC1(C)c2ccccc2N(c2ccc3c(c2)Oc2cc(-c4cc(-c5ccccc5)nc(-c5ccccc5)n4)ccc2O3)c2ccccc21. The Kier molecular flexibility index (Phi) is 6.40. The van der Waals surface area contributed by atoms with E-state index in [4.69, 9.17) is 19.4 Å². The number of hydrogen-bond donors (Lipinski definition) is 0. The van der Waals surface area contributed by atoms with Crippen molar-refractivity contribution in [3.63, 3.8) is 0 Å². The Balaban J connectivity index is 1.11. The smallest absolute Gasteiger partial charge is 0.172 e. The summed E-state index contributed by atoms with van der Waals surface area (Å²) >= 11 is 0. The predicted molar refractivity (Wildman–Crippen MR) is 192 cm³/mol. The topological polar surface area (TPSA) is 47.5 Å². The van der Waals surface area contributed by atoms with Gasteiger partial charge in [-0.2, -0.15) is 0 Å². The van der Waals surface area contributed by atoms with Gasteiger partial charge >= 0.3 is 0 Å². The summed E-state index contributed by atoms with van der Waals surface area (Å²) in [5.41, 5.74) is 10.3. The average Bonchev–Trinajstić information content (AvgIpc) is 3.14. The van der Waals surface area contributed by atoms with E-state index < -0.39 is 0 Å². The molecular weight excluding hydrogens is 590 g/mol. The lowest BCUT2D eigenvalue weighted by atomic mass is 9.73. The van der Waals surface area contributed by atoms with E-state index in [1.807, 2.05) is 78.9 Å². The first-order valence-electron chi connectivity index (χ1n) is 16.2. The maximum Gasteiger partial charge on any atom is 0.172 e. The van der Waals surface area contributed by atoms with Crippen LogP contribution in [0.4, 0.5) is 17.1 Å². The molecule has 230 valence electrons. The molecular formula is C43H31N3O2. The van der Waals surface area contributed by atoms with Crippen LogP contribution < -0.4 is 14.4 Å². The van der Waals surface area contributed by atoms with Gasteiger partial charge in [0.1, 0.15) is 0 Å². The predicted octanol–water partition coefficient (Wildman–Crippen LogP) is 11.5. The van der Waals surface area contributed by atoms with Crippen molar-refractivity contribution >= 4 is 17.1 Å². The van der Waals surface area contributed by atoms with Crippen molar-refractivity contribution in [2.45, 2.75) is 19.3 Å². The Labute approximate surface area is 279 Å². The number of anilines is 3. The number of hydrogen-bond acceptors (Lipinski definition) is 5. The van der Waals surface area contributed by atoms with Gasteiger partial charge in [0.05, 0.1) is 28.5 Å². The van der Waals surface area contributed by atoms with Gasteiger partial charge in [-0.05, 0) is 59.7 Å². The fourth-order valence-electron chi connectivity index (χ4n) is 6.88. The van der Waals surface area contributed by atoms with E-state index in [9.17, 15) is 0 Å². The third kappa shape index (κ3) is 4.63. The van der Waals surface area contributed by atoms with Crippen LogP contribution >= 0.6 is 0 Å². The van der Waals surface area contributed by atoms with Crippen molar-refractivity contribution in [2.75, 3.05) is 4.90 Å². The van der Waals surface area contributed by atoms with Crippen LogP contribution in [0.3, 0.4) is 0 Å². The Morgan fingerprint density at radius 2 is 0.979 bits per heavy atom. The Morgan fingerprint density at radius 1 is 0.458 bits per heavy atom. The quantitative estimate of drug-likeness (QED) is 0.196. The minimum Gasteiger partial charge on any atom is -0.450 e. The molecule has 1 aromatic heterocycles. The summed E-state index contributed by atoms with van der Waals surface area (Å²) in [7, 11) is 0. The van der Waals surface area contributed by atoms with Gasteiger partial charge in [-0.15, -0.1) is 0 Å². The highest BCUT2D eigenvalue weighted by atomic mass is 16.6. The standard InChI is InChI=1S/C43H31N3O2/c1-43(2)32-17-9-11-19-36(32)46(37-20-12-10-18-33(37)43)31-22-24-39-41(26-31)48-40-25-30(21-23-38(40)47-39)35-27-34(28-13-5-3-6-14-28)44-42(45-35)29-15-7-4-8-16-29/h3-27H,1-2H3. The second-order valence-corrected chi connectivity index (χ2v) is 12.7. The molecule has 0 unspecified atom stereocenters. The third-order valence-electron chi connectivity index (χ3n) is 9.33. The van der Waals surface area contributed by atoms with Gasteiger partial charge in [-0.1, -0.05) is 111 Å². The zero-order valence-electron chi connectivity index (χ0n) is 26.6. The largest absolute Gasteiger partial charge is 0.450 e. The Morgan fingerprint density at radius 3 is 1.65 bits per heavy atom. The zero-order chi connectivity index (χ0) is 32.2. The van der Waals surface area contributed by atoms with E-state index in [2.05, 4.69) is 91.5 Å². The first kappa shape index (κ1) is 28.1. The lowest BCUT2D eigenvalue weighted by Gasteiger charge is -2.42. The summed E-state index contributed by atoms with van der Waals surface area (Å²) in [6, 6.07) is 51.8. The minimum atomic E-state index is -0.130. The molecule has 2 aliphatic rings. The summed E-state index contributed by atoms with van der Waals surface area (Å²) < 4.78 is 13.0. The summed E-state index contributed by atoms with van der Waals surface area (Å²) in [5, 5.41) is 0. The highest BCUT2D eigenvalue weighted by molar-refractivity contribution is 5.86. The van der Waals surface area contributed by atoms with E-state index in [0.717, 1.165) is 45.1 Å². The fourth-order valence-corrected chi connectivity index (χ4v) is 6.88. The van der Waals surface area contributed by atoms with Crippen LogP contribution in [0.15, 0.2) is 152 Å². The van der Waals surface area contributed by atoms with Crippen LogP contribution in [-0.2, 0) is 5.41 Å². The Bertz CT molecular complexity index is 2230. The first-order chi connectivity index (χ1) is 23.5. The van der Waals surface area contributed by atoms with Crippen molar-refractivity contribution in [1.82, 2.24) is 9.97 Å². The van der Waals surface area contributed by atoms with Crippen molar-refractivity contribution < 1.29 is 9.47 Å². The third-order valence-corrected chi connectivity index (χ3v) is 9.33. The summed E-state index contributed by atoms with van der Waals surface area (Å²) in [6.07, 6.45) is 0. The van der Waals surface area contributed by atoms with E-state index in [1.165, 1.54) is 11.1 Å². The fraction of sp³-hybridized carbons (Fsp3) is 0.0698. The van der Waals surface area contributed by atoms with Crippen LogP contribution in [0.2, 0.25) is 0 Å². The van der Waals surface area contributed by atoms with Gasteiger partial charge in [0.25, 0.3) is 0 Å². The second kappa shape index (κ2) is 11.0. The maximum absolute atomic E-state index is 6.62. The van der Waals surface area contributed by atoms with Gasteiger partial charge in [0.15, 0.2) is 28.8 Å². The number of nitrogens with zero attached hydrogens (tertiary/aromatic N) is 3. The molecule has 5 heteroatoms. The molecule has 6 aromatic carbocycles. The van der Waals surface area contributed by atoms with Gasteiger partial charge in [0, 0.05) is 28.2 Å². The zero-order valence-corrected chi connectivity index (χ0v) is 26.6. The molecule has 0 aliphatic carbocycles. The molecule has 2 aliphatic heterocycles. The average molecular weight is 622 g/mol. The van der Waals surface area contributed by atoms with Crippen molar-refractivity contribution in [3.8, 4) is 56.9 Å². The van der Waals surface area contributed by atoms with Crippen LogP contribution in [0.1, 0.15) is 25.0 Å². The molecule has 0 spiro atoms. The molecule has 0 N–H and O–H groups in total. The lowest BCUT2D eigenvalue weighted by molar-refractivity contribution is 0.360. The van der Waals surface area contributed by atoms with Crippen molar-refractivity contribution in [3.05, 3.63) is 163 Å². The van der Waals surface area contributed by atoms with E-state index in [-0.39, 0.29) is 5.41 Å². The molecule has 0 amide bonds. The molecule has 5 nitrogen and oxygen atoms in total. The Hall–Kier alpha value is -6.20. The number of aromatic nitrogens is 2. The van der Waals surface area contributed by atoms with Crippen molar-refractivity contribution in [2.24, 2.45) is 0 Å². The number of benzene rings is 6. The summed E-state index contributed by atoms with van der Waals surface area (Å²) in [6.45, 7) is 4.59. The van der Waals surface area contributed by atoms with E-state index in [1.54, 1.807) is 0 Å². The van der Waals surface area contributed by atoms with Crippen molar-refractivity contribution in [1.29, 1.82) is 0 Å². The molecule has 9 rings (SSSR count). The van der Waals surface area contributed by atoms with Gasteiger partial charge in [0.2, 0.25) is 0 Å². The van der Waals surface area contributed by atoms with Gasteiger partial charge < -0.3 is 14.4 Å². The van der Waals surface area contributed by atoms with Crippen LogP contribution in [0.5, 0.6) is 23.0 Å². The van der Waals surface area contributed by atoms with Crippen LogP contribution in [-0.4, -0.2) is 9.97 Å². The normalized spacial score (nSPS) is 13.7. The van der Waals surface area contributed by atoms with E-state index in [0.29, 0.717) is 28.8 Å². The molecule has 0 fully saturated rings. The molecule has 0 atom stereocenters. The maximum atomic E-state index is 6.62. The highest BCUT2D eigenvalue weighted by Gasteiger charge is 2.36. The first-order valence-corrected chi connectivity index (χ1v) is 16.2. The number of para-hydroxylation sites is 2. The summed E-state index contributed by atoms with van der Waals surface area (Å²) in [5.74, 6) is 3.31. The van der Waals surface area contributed by atoms with E-state index >= 15 is 0 Å². The number of rotatable bonds is 4. The molecule has 0 radical (unpaired) electrons. The molecule has 0 bridgehead atoms. The molecule has 48 heavy (non-hydrogen) atoms. The molecule has 0 saturated carbocycles. The van der Waals surface area contributed by atoms with Gasteiger partial charge in [-0.25, -0.2) is 9.97 Å². The lowest BCUT2D eigenvalue weighted by Crippen LogP contribution is -2.30.